The van der Waals surface area contributed by atoms with Crippen LogP contribution in [-0.2, 0) is 0 Å². The molecule has 0 aliphatic carbocycles. The molecule has 0 amide bonds. The summed E-state index contributed by atoms with van der Waals surface area (Å²) in [7, 11) is 0. The van der Waals surface area contributed by atoms with Crippen molar-refractivity contribution in [2.24, 2.45) is 5.92 Å². The highest BCUT2D eigenvalue weighted by Gasteiger charge is 2.21. The first kappa shape index (κ1) is 16.9. The Morgan fingerprint density at radius 2 is 1.60 bits per heavy atom. The van der Waals surface area contributed by atoms with Gasteiger partial charge in [0.1, 0.15) is 0 Å². The lowest BCUT2D eigenvalue weighted by Crippen LogP contribution is -2.48. The van der Waals surface area contributed by atoms with Crippen molar-refractivity contribution in [1.82, 2.24) is 15.5 Å². The van der Waals surface area contributed by atoms with Crippen molar-refractivity contribution in [3.05, 3.63) is 36.5 Å². The third-order valence-electron chi connectivity index (χ3n) is 5.72. The predicted molar refractivity (Wildman–Crippen MR) is 105 cm³/mol. The van der Waals surface area contributed by atoms with Crippen molar-refractivity contribution < 1.29 is 0 Å². The SMILES string of the molecule is C1=CN(c2ccc(N3CCN(CC4CCNCC4)CC3)cc2)CNC1. The summed E-state index contributed by atoms with van der Waals surface area (Å²) in [6, 6.07) is 9.04. The van der Waals surface area contributed by atoms with Gasteiger partial charge in [0, 0.05) is 56.8 Å². The molecule has 5 heteroatoms. The lowest BCUT2D eigenvalue weighted by atomic mass is 9.97. The molecule has 1 aromatic carbocycles. The van der Waals surface area contributed by atoms with E-state index in [1.165, 1.54) is 56.9 Å². The maximum atomic E-state index is 3.47. The molecule has 0 unspecified atom stereocenters. The minimum absolute atomic E-state index is 0.894. The zero-order valence-corrected chi connectivity index (χ0v) is 15.2. The zero-order valence-electron chi connectivity index (χ0n) is 15.2. The van der Waals surface area contributed by atoms with E-state index in [0.29, 0.717) is 0 Å². The molecule has 0 spiro atoms. The molecule has 1 aromatic rings. The average Bonchev–Trinajstić information content (AvgIpc) is 2.70. The minimum atomic E-state index is 0.894. The van der Waals surface area contributed by atoms with E-state index >= 15 is 0 Å². The summed E-state index contributed by atoms with van der Waals surface area (Å²) in [5.41, 5.74) is 2.62. The number of piperazine rings is 1. The second kappa shape index (κ2) is 8.21. The van der Waals surface area contributed by atoms with Crippen molar-refractivity contribution in [3.8, 4) is 0 Å². The first-order valence-electron chi connectivity index (χ1n) is 9.80. The molecule has 2 fully saturated rings. The molecule has 0 atom stereocenters. The zero-order chi connectivity index (χ0) is 16.9. The Bertz CT molecular complexity index is 556. The van der Waals surface area contributed by atoms with Gasteiger partial charge in [0.25, 0.3) is 0 Å². The van der Waals surface area contributed by atoms with Gasteiger partial charge >= 0.3 is 0 Å². The number of piperidine rings is 1. The van der Waals surface area contributed by atoms with E-state index in [-0.39, 0.29) is 0 Å². The lowest BCUT2D eigenvalue weighted by Gasteiger charge is -2.38. The molecule has 4 rings (SSSR count). The second-order valence-electron chi connectivity index (χ2n) is 7.46. The van der Waals surface area contributed by atoms with Crippen LogP contribution < -0.4 is 20.4 Å². The quantitative estimate of drug-likeness (QED) is 0.871. The molecule has 136 valence electrons. The van der Waals surface area contributed by atoms with Crippen LogP contribution in [0.3, 0.4) is 0 Å². The average molecular weight is 342 g/mol. The number of nitrogens with zero attached hydrogens (tertiary/aromatic N) is 3. The van der Waals surface area contributed by atoms with Gasteiger partial charge in [0.2, 0.25) is 0 Å². The Kier molecular flexibility index (Phi) is 5.55. The normalized spacial score (nSPS) is 23.2. The van der Waals surface area contributed by atoms with Crippen LogP contribution in [0.2, 0.25) is 0 Å². The van der Waals surface area contributed by atoms with E-state index in [2.05, 4.69) is 61.9 Å². The molecule has 3 heterocycles. The minimum Gasteiger partial charge on any atom is -0.369 e. The first-order valence-corrected chi connectivity index (χ1v) is 9.80. The molecule has 25 heavy (non-hydrogen) atoms. The third kappa shape index (κ3) is 4.35. The fourth-order valence-electron chi connectivity index (χ4n) is 4.15. The summed E-state index contributed by atoms with van der Waals surface area (Å²) in [6.45, 7) is 10.3. The van der Waals surface area contributed by atoms with Crippen LogP contribution in [0.5, 0.6) is 0 Å². The first-order chi connectivity index (χ1) is 12.4. The van der Waals surface area contributed by atoms with Crippen LogP contribution in [0, 0.1) is 5.92 Å². The monoisotopic (exact) mass is 341 g/mol. The topological polar surface area (TPSA) is 33.8 Å². The molecule has 0 radical (unpaired) electrons. The highest BCUT2D eigenvalue weighted by molar-refractivity contribution is 5.58. The maximum Gasteiger partial charge on any atom is 0.0728 e. The van der Waals surface area contributed by atoms with Crippen molar-refractivity contribution >= 4 is 11.4 Å². The number of hydrogen-bond acceptors (Lipinski definition) is 5. The highest BCUT2D eigenvalue weighted by Crippen LogP contribution is 2.23. The number of anilines is 2. The number of rotatable bonds is 4. The summed E-state index contributed by atoms with van der Waals surface area (Å²) in [5, 5.41) is 6.84. The largest absolute Gasteiger partial charge is 0.369 e. The number of benzene rings is 1. The van der Waals surface area contributed by atoms with Crippen LogP contribution in [0.25, 0.3) is 0 Å². The molecular formula is C20H31N5. The van der Waals surface area contributed by atoms with Gasteiger partial charge in [-0.2, -0.15) is 0 Å². The van der Waals surface area contributed by atoms with Crippen molar-refractivity contribution in [2.75, 3.05) is 68.8 Å². The second-order valence-corrected chi connectivity index (χ2v) is 7.46. The van der Waals surface area contributed by atoms with E-state index < -0.39 is 0 Å². The van der Waals surface area contributed by atoms with Gasteiger partial charge in [0.05, 0.1) is 6.67 Å². The number of hydrogen-bond donors (Lipinski definition) is 2. The number of nitrogens with one attached hydrogen (secondary N) is 2. The summed E-state index contributed by atoms with van der Waals surface area (Å²) in [4.78, 5) is 7.46. The summed E-state index contributed by atoms with van der Waals surface area (Å²) < 4.78 is 0. The molecule has 2 N–H and O–H groups in total. The molecule has 0 aromatic heterocycles. The van der Waals surface area contributed by atoms with Crippen LogP contribution in [-0.4, -0.2) is 63.9 Å². The predicted octanol–water partition coefficient (Wildman–Crippen LogP) is 1.69. The van der Waals surface area contributed by atoms with Crippen LogP contribution >= 0.6 is 0 Å². The van der Waals surface area contributed by atoms with Crippen molar-refractivity contribution in [1.29, 1.82) is 0 Å². The van der Waals surface area contributed by atoms with E-state index in [4.69, 9.17) is 0 Å². The Balaban J connectivity index is 1.28. The Hall–Kier alpha value is -1.56. The molecule has 3 aliphatic rings. The van der Waals surface area contributed by atoms with Gasteiger partial charge < -0.3 is 15.1 Å². The Morgan fingerprint density at radius 1 is 0.880 bits per heavy atom. The van der Waals surface area contributed by atoms with Gasteiger partial charge in [-0.05, 0) is 56.1 Å². The standard InChI is InChI=1S/C20H31N5/c1-8-22-17-25(11-1)20-4-2-19(3-5-20)24-14-12-23(13-15-24)16-18-6-9-21-10-7-18/h1-5,11,18,21-22H,6-10,12-17H2. The third-order valence-corrected chi connectivity index (χ3v) is 5.72. The summed E-state index contributed by atoms with van der Waals surface area (Å²) in [6.07, 6.45) is 7.03. The van der Waals surface area contributed by atoms with Crippen LogP contribution in [0.4, 0.5) is 11.4 Å². The molecule has 5 nitrogen and oxygen atoms in total. The van der Waals surface area contributed by atoms with E-state index in [1.54, 1.807) is 0 Å². The van der Waals surface area contributed by atoms with E-state index in [1.807, 2.05) is 0 Å². The van der Waals surface area contributed by atoms with Crippen molar-refractivity contribution in [3.63, 3.8) is 0 Å². The molecule has 2 saturated heterocycles. The van der Waals surface area contributed by atoms with Crippen molar-refractivity contribution in [2.45, 2.75) is 12.8 Å². The molecule has 0 bridgehead atoms. The smallest absolute Gasteiger partial charge is 0.0728 e. The van der Waals surface area contributed by atoms with Crippen LogP contribution in [0.1, 0.15) is 12.8 Å². The van der Waals surface area contributed by atoms with Gasteiger partial charge in [-0.15, -0.1) is 0 Å². The van der Waals surface area contributed by atoms with E-state index in [0.717, 1.165) is 32.2 Å². The summed E-state index contributed by atoms with van der Waals surface area (Å²) >= 11 is 0. The summed E-state index contributed by atoms with van der Waals surface area (Å²) in [5.74, 6) is 0.901. The van der Waals surface area contributed by atoms with Gasteiger partial charge in [-0.25, -0.2) is 0 Å². The lowest BCUT2D eigenvalue weighted by molar-refractivity contribution is 0.196. The highest BCUT2D eigenvalue weighted by atomic mass is 15.3. The fraction of sp³-hybridized carbons (Fsp3) is 0.600. The Morgan fingerprint density at radius 3 is 2.28 bits per heavy atom. The molecule has 0 saturated carbocycles. The van der Waals surface area contributed by atoms with Crippen LogP contribution in [0.15, 0.2) is 36.5 Å². The molecular weight excluding hydrogens is 310 g/mol. The van der Waals surface area contributed by atoms with E-state index in [9.17, 15) is 0 Å². The van der Waals surface area contributed by atoms with Gasteiger partial charge in [0.15, 0.2) is 0 Å². The fourth-order valence-corrected chi connectivity index (χ4v) is 4.15. The van der Waals surface area contributed by atoms with Gasteiger partial charge in [-0.3, -0.25) is 10.2 Å². The maximum absolute atomic E-state index is 3.47. The Labute approximate surface area is 151 Å². The molecule has 3 aliphatic heterocycles. The van der Waals surface area contributed by atoms with Gasteiger partial charge in [-0.1, -0.05) is 6.08 Å².